The minimum Gasteiger partial charge on any atom is -0.748 e. The zero-order chi connectivity index (χ0) is 22.1. The molecule has 0 bridgehead atoms. The highest BCUT2D eigenvalue weighted by atomic mass is 32.2. The summed E-state index contributed by atoms with van der Waals surface area (Å²) < 4.78 is 25.6. The first-order valence-electron chi connectivity index (χ1n) is 8.93. The summed E-state index contributed by atoms with van der Waals surface area (Å²) in [5, 5.41) is 4.35. The number of amides is 1. The molecule has 3 aromatic rings. The maximum atomic E-state index is 12.9. The SMILES string of the molecule is CC(=O)N(c1sc(C)nc1C)[C@@](C)(c1ccc(NOS(=O)[O-])cc1)c1nc(C)cs1. The van der Waals surface area contributed by atoms with Crippen molar-refractivity contribution in [3.8, 4) is 0 Å². The Morgan fingerprint density at radius 1 is 1.23 bits per heavy atom. The Labute approximate surface area is 185 Å². The molecular weight excluding hydrogens is 444 g/mol. The van der Waals surface area contributed by atoms with E-state index in [1.165, 1.54) is 29.6 Å². The smallest absolute Gasteiger partial charge is 0.225 e. The maximum absolute atomic E-state index is 12.9. The van der Waals surface area contributed by atoms with Crippen molar-refractivity contribution >= 4 is 50.6 Å². The Morgan fingerprint density at radius 3 is 2.37 bits per heavy atom. The molecule has 2 aromatic heterocycles. The third-order valence-electron chi connectivity index (χ3n) is 4.55. The predicted octanol–water partition coefficient (Wildman–Crippen LogP) is 3.98. The number of hydrogen-bond acceptors (Lipinski definition) is 9. The van der Waals surface area contributed by atoms with E-state index < -0.39 is 16.9 Å². The van der Waals surface area contributed by atoms with Crippen molar-refractivity contribution in [2.24, 2.45) is 0 Å². The Balaban J connectivity index is 2.15. The second kappa shape index (κ2) is 8.90. The van der Waals surface area contributed by atoms with Crippen molar-refractivity contribution in [1.29, 1.82) is 0 Å². The molecule has 0 radical (unpaired) electrons. The summed E-state index contributed by atoms with van der Waals surface area (Å²) in [6.07, 6.45) is 0. The van der Waals surface area contributed by atoms with Gasteiger partial charge in [0.25, 0.3) is 0 Å². The van der Waals surface area contributed by atoms with Crippen LogP contribution in [0, 0.1) is 20.8 Å². The van der Waals surface area contributed by atoms with E-state index in [0.29, 0.717) is 5.69 Å². The molecule has 1 unspecified atom stereocenters. The quantitative estimate of drug-likeness (QED) is 0.415. The van der Waals surface area contributed by atoms with Crippen LogP contribution < -0.4 is 10.4 Å². The lowest BCUT2D eigenvalue weighted by Crippen LogP contribution is -2.48. The molecule has 1 aromatic carbocycles. The summed E-state index contributed by atoms with van der Waals surface area (Å²) in [5.74, 6) is -0.135. The third kappa shape index (κ3) is 4.44. The number of nitrogens with one attached hydrogen (secondary N) is 1. The van der Waals surface area contributed by atoms with E-state index in [4.69, 9.17) is 4.98 Å². The Hall–Kier alpha value is -2.18. The summed E-state index contributed by atoms with van der Waals surface area (Å²) in [5.41, 5.74) is 4.37. The number of anilines is 2. The van der Waals surface area contributed by atoms with Gasteiger partial charge in [0.1, 0.15) is 26.9 Å². The molecule has 0 aliphatic carbocycles. The highest BCUT2D eigenvalue weighted by Crippen LogP contribution is 2.43. The fraction of sp³-hybridized carbons (Fsp3) is 0.316. The second-order valence-electron chi connectivity index (χ2n) is 6.81. The predicted molar refractivity (Wildman–Crippen MR) is 118 cm³/mol. The molecular formula is C19H21N4O4S3-. The number of nitrogens with zero attached hydrogens (tertiary/aromatic N) is 3. The Morgan fingerprint density at radius 2 is 1.90 bits per heavy atom. The summed E-state index contributed by atoms with van der Waals surface area (Å²) in [4.78, 5) is 23.9. The normalized spacial score (nSPS) is 14.2. The highest BCUT2D eigenvalue weighted by molar-refractivity contribution is 7.74. The van der Waals surface area contributed by atoms with E-state index in [0.717, 1.165) is 32.0 Å². The molecule has 2 heterocycles. The van der Waals surface area contributed by atoms with Crippen LogP contribution in [0.5, 0.6) is 0 Å². The Bertz CT molecular complexity index is 1080. The van der Waals surface area contributed by atoms with Gasteiger partial charge in [-0.1, -0.05) is 12.1 Å². The van der Waals surface area contributed by atoms with Gasteiger partial charge >= 0.3 is 0 Å². The van der Waals surface area contributed by atoms with Crippen LogP contribution in [0.1, 0.15) is 40.8 Å². The number of benzene rings is 1. The molecule has 0 spiro atoms. The van der Waals surface area contributed by atoms with Gasteiger partial charge < -0.3 is 4.55 Å². The van der Waals surface area contributed by atoms with Gasteiger partial charge in [-0.3, -0.25) is 15.2 Å². The van der Waals surface area contributed by atoms with Crippen LogP contribution in [0.2, 0.25) is 0 Å². The number of carbonyl (C=O) groups is 1. The van der Waals surface area contributed by atoms with Crippen molar-refractivity contribution in [2.45, 2.75) is 40.2 Å². The number of aryl methyl sites for hydroxylation is 3. The molecule has 0 aliphatic rings. The molecule has 1 N–H and O–H groups in total. The Kier molecular flexibility index (Phi) is 6.68. The van der Waals surface area contributed by atoms with Gasteiger partial charge in [-0.05, 0) is 45.4 Å². The van der Waals surface area contributed by atoms with Crippen molar-refractivity contribution in [3.63, 3.8) is 0 Å². The minimum absolute atomic E-state index is 0.135. The molecule has 0 fully saturated rings. The standard InChI is InChI=1S/C19H22N4O4S3/c1-11-10-28-18(20-11)19(5,15-6-8-16(9-7-15)22-27-30(25)26)23(14(4)24)17-12(2)21-13(3)29-17/h6-10,22H,1-5H3,(H,25,26)/p-1/t19-/m0/s1. The van der Waals surface area contributed by atoms with E-state index in [-0.39, 0.29) is 5.91 Å². The highest BCUT2D eigenvalue weighted by Gasteiger charge is 2.42. The van der Waals surface area contributed by atoms with Crippen LogP contribution in [0.4, 0.5) is 10.7 Å². The summed E-state index contributed by atoms with van der Waals surface area (Å²) >= 11 is 0.256. The number of hydrogen-bond donors (Lipinski definition) is 1. The topological polar surface area (TPSA) is 107 Å². The van der Waals surface area contributed by atoms with Gasteiger partial charge in [0.2, 0.25) is 5.91 Å². The van der Waals surface area contributed by atoms with Crippen molar-refractivity contribution < 1.29 is 17.8 Å². The molecule has 3 rings (SSSR count). The van der Waals surface area contributed by atoms with E-state index in [1.54, 1.807) is 17.0 Å². The van der Waals surface area contributed by atoms with Crippen LogP contribution in [0.25, 0.3) is 0 Å². The lowest BCUT2D eigenvalue weighted by atomic mass is 9.90. The van der Waals surface area contributed by atoms with Gasteiger partial charge in [0, 0.05) is 18.0 Å². The average molecular weight is 466 g/mol. The summed E-state index contributed by atoms with van der Waals surface area (Å²) in [6.45, 7) is 9.18. The first-order valence-corrected chi connectivity index (χ1v) is 11.6. The molecule has 30 heavy (non-hydrogen) atoms. The van der Waals surface area contributed by atoms with Gasteiger partial charge in [-0.25, -0.2) is 14.2 Å². The molecule has 0 aliphatic heterocycles. The van der Waals surface area contributed by atoms with Gasteiger partial charge in [-0.2, -0.15) is 4.28 Å². The van der Waals surface area contributed by atoms with Crippen molar-refractivity contribution in [3.05, 3.63) is 56.6 Å². The molecule has 0 saturated heterocycles. The monoisotopic (exact) mass is 465 g/mol. The molecule has 11 heteroatoms. The lowest BCUT2D eigenvalue weighted by Gasteiger charge is -2.39. The first-order chi connectivity index (χ1) is 14.1. The molecule has 2 atom stereocenters. The molecule has 160 valence electrons. The third-order valence-corrected chi connectivity index (χ3v) is 7.00. The van der Waals surface area contributed by atoms with Crippen molar-refractivity contribution in [2.75, 3.05) is 10.4 Å². The van der Waals surface area contributed by atoms with Gasteiger partial charge in [-0.15, -0.1) is 22.7 Å². The van der Waals surface area contributed by atoms with Crippen LogP contribution in [0.3, 0.4) is 0 Å². The van der Waals surface area contributed by atoms with E-state index in [9.17, 15) is 13.6 Å². The summed E-state index contributed by atoms with van der Waals surface area (Å²) in [7, 11) is 0. The molecule has 8 nitrogen and oxygen atoms in total. The molecule has 1 amide bonds. The largest absolute Gasteiger partial charge is 0.748 e. The van der Waals surface area contributed by atoms with Crippen LogP contribution in [0.15, 0.2) is 29.6 Å². The van der Waals surface area contributed by atoms with E-state index in [1.807, 2.05) is 45.2 Å². The zero-order valence-electron chi connectivity index (χ0n) is 17.1. The molecule has 0 saturated carbocycles. The number of carbonyl (C=O) groups excluding carboxylic acids is 1. The average Bonchev–Trinajstić information content (AvgIpc) is 3.25. The lowest BCUT2D eigenvalue weighted by molar-refractivity contribution is -0.117. The van der Waals surface area contributed by atoms with Crippen molar-refractivity contribution in [1.82, 2.24) is 9.97 Å². The minimum atomic E-state index is -2.68. The number of aromatic nitrogens is 2. The van der Waals surface area contributed by atoms with Gasteiger partial charge in [0.05, 0.1) is 16.4 Å². The fourth-order valence-corrected chi connectivity index (χ4v) is 5.45. The zero-order valence-corrected chi connectivity index (χ0v) is 19.5. The van der Waals surface area contributed by atoms with Gasteiger partial charge in [0.15, 0.2) is 0 Å². The fourth-order valence-electron chi connectivity index (χ4n) is 3.26. The van der Waals surface area contributed by atoms with Crippen LogP contribution in [-0.4, -0.2) is 24.6 Å². The van der Waals surface area contributed by atoms with E-state index >= 15 is 0 Å². The van der Waals surface area contributed by atoms with Crippen LogP contribution >= 0.6 is 22.7 Å². The first kappa shape index (κ1) is 22.5. The summed E-state index contributed by atoms with van der Waals surface area (Å²) in [6, 6.07) is 7.00. The maximum Gasteiger partial charge on any atom is 0.225 e. The van der Waals surface area contributed by atoms with E-state index in [2.05, 4.69) is 14.7 Å². The second-order valence-corrected chi connectivity index (χ2v) is 9.43. The van der Waals surface area contributed by atoms with Crippen LogP contribution in [-0.2, 0) is 26.0 Å². The number of rotatable bonds is 7. The number of thiazole rings is 2.